The molecule has 2 heterocycles. The van der Waals surface area contributed by atoms with Gasteiger partial charge in [-0.15, -0.1) is 0 Å². The highest BCUT2D eigenvalue weighted by Crippen LogP contribution is 2.36. The third-order valence-corrected chi connectivity index (χ3v) is 6.58. The molecule has 0 aliphatic carbocycles. The second-order valence-corrected chi connectivity index (χ2v) is 8.72. The standard InChI is InChI=1S/C27H26N2O5S/c1-5-34-26(31)23-17(2)28-27-29(24(23)19-14-15-20(32-3)21(16-19)33-4)25(30)22(35-27)13-9-12-18-10-7-6-8-11-18/h6-16,24H,5H2,1-4H3/b12-9+,22-13+. The Bertz CT molecular complexity index is 1480. The SMILES string of the molecule is CCOC(=O)C1=C(C)N=c2s/c(=C/C=C/c3ccccc3)c(=O)n2C1c1ccc(OC)c(OC)c1. The number of esters is 1. The van der Waals surface area contributed by atoms with Crippen molar-refractivity contribution >= 4 is 29.5 Å². The van der Waals surface area contributed by atoms with Gasteiger partial charge in [-0.05, 0) is 43.2 Å². The maximum Gasteiger partial charge on any atom is 0.338 e. The van der Waals surface area contributed by atoms with Crippen LogP contribution in [0.2, 0.25) is 0 Å². The van der Waals surface area contributed by atoms with Gasteiger partial charge in [-0.1, -0.05) is 59.9 Å². The van der Waals surface area contributed by atoms with Crippen LogP contribution in [-0.4, -0.2) is 31.4 Å². The molecule has 0 bridgehead atoms. The minimum absolute atomic E-state index is 0.211. The minimum Gasteiger partial charge on any atom is -0.493 e. The maximum atomic E-state index is 13.6. The second-order valence-electron chi connectivity index (χ2n) is 7.71. The van der Waals surface area contributed by atoms with Gasteiger partial charge in [-0.25, -0.2) is 9.79 Å². The molecule has 4 rings (SSSR count). The van der Waals surface area contributed by atoms with Crippen molar-refractivity contribution in [2.75, 3.05) is 20.8 Å². The number of hydrogen-bond acceptors (Lipinski definition) is 7. The number of allylic oxidation sites excluding steroid dienone is 2. The van der Waals surface area contributed by atoms with Crippen LogP contribution in [0.3, 0.4) is 0 Å². The summed E-state index contributed by atoms with van der Waals surface area (Å²) in [5, 5.41) is 0. The molecule has 3 aromatic rings. The Hall–Kier alpha value is -3.91. The van der Waals surface area contributed by atoms with Gasteiger partial charge >= 0.3 is 5.97 Å². The van der Waals surface area contributed by atoms with Crippen molar-refractivity contribution in [3.8, 4) is 11.5 Å². The Balaban J connectivity index is 1.89. The molecule has 1 aliphatic heterocycles. The molecule has 2 aromatic carbocycles. The normalized spacial score (nSPS) is 15.7. The number of fused-ring (bicyclic) bond motifs is 1. The summed E-state index contributed by atoms with van der Waals surface area (Å²) in [5.41, 5.74) is 2.31. The Kier molecular flexibility index (Phi) is 7.31. The lowest BCUT2D eigenvalue weighted by atomic mass is 9.95. The molecule has 0 saturated heterocycles. The average Bonchev–Trinajstić information content (AvgIpc) is 3.18. The first kappa shape index (κ1) is 24.2. The fourth-order valence-electron chi connectivity index (χ4n) is 3.95. The second kappa shape index (κ2) is 10.6. The number of carbonyl (C=O) groups is 1. The van der Waals surface area contributed by atoms with Crippen LogP contribution in [-0.2, 0) is 9.53 Å². The van der Waals surface area contributed by atoms with Crippen molar-refractivity contribution in [1.29, 1.82) is 0 Å². The highest BCUT2D eigenvalue weighted by Gasteiger charge is 2.33. The van der Waals surface area contributed by atoms with Gasteiger partial charge in [0.05, 0.1) is 42.7 Å². The van der Waals surface area contributed by atoms with Crippen molar-refractivity contribution in [1.82, 2.24) is 4.57 Å². The molecular formula is C27H26N2O5S. The quantitative estimate of drug-likeness (QED) is 0.474. The number of rotatable bonds is 7. The van der Waals surface area contributed by atoms with E-state index in [9.17, 15) is 9.59 Å². The van der Waals surface area contributed by atoms with Gasteiger partial charge in [-0.3, -0.25) is 9.36 Å². The van der Waals surface area contributed by atoms with Crippen LogP contribution in [0.4, 0.5) is 0 Å². The van der Waals surface area contributed by atoms with E-state index < -0.39 is 12.0 Å². The number of hydrogen-bond donors (Lipinski definition) is 0. The molecule has 35 heavy (non-hydrogen) atoms. The first-order valence-corrected chi connectivity index (χ1v) is 11.9. The zero-order chi connectivity index (χ0) is 24.9. The summed E-state index contributed by atoms with van der Waals surface area (Å²) in [6.45, 7) is 3.71. The van der Waals surface area contributed by atoms with Crippen LogP contribution >= 0.6 is 11.3 Å². The topological polar surface area (TPSA) is 79.1 Å². The van der Waals surface area contributed by atoms with Gasteiger partial charge in [0, 0.05) is 0 Å². The van der Waals surface area contributed by atoms with Gasteiger partial charge in [-0.2, -0.15) is 0 Å². The van der Waals surface area contributed by atoms with E-state index in [0.29, 0.717) is 37.7 Å². The number of carbonyl (C=O) groups excluding carboxylic acids is 1. The molecule has 1 unspecified atom stereocenters. The molecule has 0 N–H and O–H groups in total. The molecule has 0 fully saturated rings. The first-order chi connectivity index (χ1) is 17.0. The lowest BCUT2D eigenvalue weighted by molar-refractivity contribution is -0.139. The Morgan fingerprint density at radius 1 is 1.11 bits per heavy atom. The predicted octanol–water partition coefficient (Wildman–Crippen LogP) is 3.48. The number of aromatic nitrogens is 1. The average molecular weight is 491 g/mol. The monoisotopic (exact) mass is 490 g/mol. The highest BCUT2D eigenvalue weighted by atomic mass is 32.1. The molecule has 0 radical (unpaired) electrons. The number of ether oxygens (including phenoxy) is 3. The zero-order valence-electron chi connectivity index (χ0n) is 20.0. The fourth-order valence-corrected chi connectivity index (χ4v) is 4.95. The number of benzene rings is 2. The third kappa shape index (κ3) is 4.83. The summed E-state index contributed by atoms with van der Waals surface area (Å²) >= 11 is 1.28. The Morgan fingerprint density at radius 3 is 2.54 bits per heavy atom. The van der Waals surface area contributed by atoms with Crippen LogP contribution < -0.4 is 24.4 Å². The minimum atomic E-state index is -0.717. The summed E-state index contributed by atoms with van der Waals surface area (Å²) in [6.07, 6.45) is 5.54. The number of methoxy groups -OCH3 is 2. The number of nitrogens with zero attached hydrogens (tertiary/aromatic N) is 2. The predicted molar refractivity (Wildman–Crippen MR) is 136 cm³/mol. The van der Waals surface area contributed by atoms with Gasteiger partial charge < -0.3 is 14.2 Å². The van der Waals surface area contributed by atoms with E-state index in [1.54, 1.807) is 50.8 Å². The van der Waals surface area contributed by atoms with E-state index in [4.69, 9.17) is 14.2 Å². The largest absolute Gasteiger partial charge is 0.493 e. The van der Waals surface area contributed by atoms with E-state index in [1.165, 1.54) is 11.3 Å². The molecule has 7 nitrogen and oxygen atoms in total. The van der Waals surface area contributed by atoms with Gasteiger partial charge in [0.2, 0.25) is 0 Å². The van der Waals surface area contributed by atoms with Crippen LogP contribution in [0, 0.1) is 0 Å². The summed E-state index contributed by atoms with van der Waals surface area (Å²) in [7, 11) is 3.09. The van der Waals surface area contributed by atoms with E-state index >= 15 is 0 Å². The molecule has 8 heteroatoms. The molecule has 1 aliphatic rings. The smallest absolute Gasteiger partial charge is 0.338 e. The van der Waals surface area contributed by atoms with Crippen molar-refractivity contribution in [3.63, 3.8) is 0 Å². The molecule has 0 saturated carbocycles. The molecule has 180 valence electrons. The van der Waals surface area contributed by atoms with Gasteiger partial charge in [0.25, 0.3) is 5.56 Å². The lowest BCUT2D eigenvalue weighted by Crippen LogP contribution is -2.39. The summed E-state index contributed by atoms with van der Waals surface area (Å²) in [4.78, 5) is 31.7. The molecule has 0 spiro atoms. The Morgan fingerprint density at radius 2 is 1.86 bits per heavy atom. The maximum absolute atomic E-state index is 13.6. The number of thiazole rings is 1. The van der Waals surface area contributed by atoms with Crippen LogP contribution in [0.5, 0.6) is 11.5 Å². The summed E-state index contributed by atoms with van der Waals surface area (Å²) in [5.74, 6) is 0.538. The highest BCUT2D eigenvalue weighted by molar-refractivity contribution is 7.07. The van der Waals surface area contributed by atoms with Crippen LogP contribution in [0.15, 0.2) is 75.7 Å². The van der Waals surface area contributed by atoms with E-state index in [0.717, 1.165) is 5.56 Å². The lowest BCUT2D eigenvalue weighted by Gasteiger charge is -2.25. The molecule has 1 aromatic heterocycles. The zero-order valence-corrected chi connectivity index (χ0v) is 20.8. The summed E-state index contributed by atoms with van der Waals surface area (Å²) in [6, 6.07) is 14.5. The van der Waals surface area contributed by atoms with E-state index in [2.05, 4.69) is 4.99 Å². The van der Waals surface area contributed by atoms with Crippen molar-refractivity contribution in [2.24, 2.45) is 4.99 Å². The Labute approximate surface area is 206 Å². The molecule has 0 amide bonds. The van der Waals surface area contributed by atoms with Crippen molar-refractivity contribution in [3.05, 3.63) is 96.7 Å². The summed E-state index contributed by atoms with van der Waals surface area (Å²) < 4.78 is 18.2. The first-order valence-electron chi connectivity index (χ1n) is 11.1. The fraction of sp³-hybridized carbons (Fsp3) is 0.222. The van der Waals surface area contributed by atoms with Crippen LogP contribution in [0.25, 0.3) is 12.2 Å². The van der Waals surface area contributed by atoms with Crippen molar-refractivity contribution < 1.29 is 19.0 Å². The molecule has 1 atom stereocenters. The van der Waals surface area contributed by atoms with Crippen molar-refractivity contribution in [2.45, 2.75) is 19.9 Å². The van der Waals surface area contributed by atoms with E-state index in [1.807, 2.05) is 48.6 Å². The molecular weight excluding hydrogens is 464 g/mol. The third-order valence-electron chi connectivity index (χ3n) is 5.58. The van der Waals surface area contributed by atoms with Crippen LogP contribution in [0.1, 0.15) is 31.0 Å². The van der Waals surface area contributed by atoms with Gasteiger partial charge in [0.1, 0.15) is 0 Å². The van der Waals surface area contributed by atoms with Gasteiger partial charge in [0.15, 0.2) is 16.3 Å². The van der Waals surface area contributed by atoms with E-state index in [-0.39, 0.29) is 12.2 Å².